The van der Waals surface area contributed by atoms with Crippen LogP contribution in [0.2, 0.25) is 0 Å². The van der Waals surface area contributed by atoms with Gasteiger partial charge in [0.25, 0.3) is 0 Å². The molecule has 1 heterocycles. The van der Waals surface area contributed by atoms with E-state index in [1.165, 1.54) is 0 Å². The SMILES string of the molecule is Cn1c([C@H](NC(=O)[C@@H]2C[C@@H]2C(=O)O)c2ccccc2)nc2ccccc21. The number of aromatic nitrogens is 2. The molecular weight excluding hydrogens is 330 g/mol. The molecule has 0 aliphatic heterocycles. The van der Waals surface area contributed by atoms with E-state index in [1.807, 2.05) is 66.2 Å². The number of rotatable bonds is 5. The van der Waals surface area contributed by atoms with Gasteiger partial charge in [-0.2, -0.15) is 0 Å². The zero-order chi connectivity index (χ0) is 18.3. The molecule has 1 aliphatic rings. The number of carbonyl (C=O) groups is 2. The topological polar surface area (TPSA) is 84.2 Å². The second-order valence-electron chi connectivity index (χ2n) is 6.66. The fourth-order valence-electron chi connectivity index (χ4n) is 3.37. The minimum absolute atomic E-state index is 0.238. The van der Waals surface area contributed by atoms with Crippen LogP contribution in [0.5, 0.6) is 0 Å². The lowest BCUT2D eigenvalue weighted by molar-refractivity contribution is -0.140. The normalized spacial score (nSPS) is 19.9. The van der Waals surface area contributed by atoms with Crippen LogP contribution < -0.4 is 5.32 Å². The first-order chi connectivity index (χ1) is 12.6. The lowest BCUT2D eigenvalue weighted by Gasteiger charge is -2.19. The summed E-state index contributed by atoms with van der Waals surface area (Å²) in [6.45, 7) is 0. The number of para-hydroxylation sites is 2. The molecule has 6 heteroatoms. The quantitative estimate of drug-likeness (QED) is 0.741. The minimum atomic E-state index is -0.913. The van der Waals surface area contributed by atoms with E-state index in [0.717, 1.165) is 22.4 Å². The van der Waals surface area contributed by atoms with Crippen LogP contribution in [0, 0.1) is 11.8 Å². The molecule has 0 spiro atoms. The lowest BCUT2D eigenvalue weighted by atomic mass is 10.1. The van der Waals surface area contributed by atoms with Crippen LogP contribution in [0.3, 0.4) is 0 Å². The highest BCUT2D eigenvalue weighted by Gasteiger charge is 2.48. The van der Waals surface area contributed by atoms with Crippen LogP contribution >= 0.6 is 0 Å². The molecule has 4 rings (SSSR count). The maximum Gasteiger partial charge on any atom is 0.307 e. The van der Waals surface area contributed by atoms with E-state index in [1.54, 1.807) is 0 Å². The molecule has 1 saturated carbocycles. The van der Waals surface area contributed by atoms with Gasteiger partial charge in [-0.15, -0.1) is 0 Å². The van der Waals surface area contributed by atoms with Gasteiger partial charge < -0.3 is 15.0 Å². The van der Waals surface area contributed by atoms with Crippen LogP contribution in [-0.2, 0) is 16.6 Å². The predicted molar refractivity (Wildman–Crippen MR) is 96.4 cm³/mol. The highest BCUT2D eigenvalue weighted by molar-refractivity contribution is 5.90. The van der Waals surface area contributed by atoms with Crippen LogP contribution in [-0.4, -0.2) is 26.5 Å². The Morgan fingerprint density at radius 3 is 2.46 bits per heavy atom. The number of nitrogens with one attached hydrogen (secondary N) is 1. The smallest absolute Gasteiger partial charge is 0.307 e. The molecule has 6 nitrogen and oxygen atoms in total. The first kappa shape index (κ1) is 16.3. The Hall–Kier alpha value is -3.15. The van der Waals surface area contributed by atoms with Gasteiger partial charge in [0.2, 0.25) is 5.91 Å². The summed E-state index contributed by atoms with van der Waals surface area (Å²) in [5, 5.41) is 12.1. The van der Waals surface area contributed by atoms with E-state index >= 15 is 0 Å². The molecule has 0 radical (unpaired) electrons. The van der Waals surface area contributed by atoms with Crippen molar-refractivity contribution in [2.45, 2.75) is 12.5 Å². The number of imidazole rings is 1. The molecule has 0 saturated heterocycles. The van der Waals surface area contributed by atoms with E-state index in [2.05, 4.69) is 5.32 Å². The van der Waals surface area contributed by atoms with Crippen molar-refractivity contribution in [1.82, 2.24) is 14.9 Å². The Bertz CT molecular complexity index is 980. The molecule has 1 amide bonds. The number of nitrogens with zero attached hydrogens (tertiary/aromatic N) is 2. The molecule has 0 unspecified atom stereocenters. The largest absolute Gasteiger partial charge is 0.481 e. The number of amides is 1. The van der Waals surface area contributed by atoms with Crippen molar-refractivity contribution in [3.05, 3.63) is 66.0 Å². The minimum Gasteiger partial charge on any atom is -0.481 e. The standard InChI is InChI=1S/C20H19N3O3/c1-23-16-10-6-5-9-15(16)21-18(23)17(12-7-3-2-4-8-12)22-19(24)13-11-14(13)20(25)26/h2-10,13-14,17H,11H2,1H3,(H,22,24)(H,25,26)/t13-,14+,17-/m1/s1. The number of hydrogen-bond acceptors (Lipinski definition) is 3. The van der Waals surface area contributed by atoms with Crippen molar-refractivity contribution >= 4 is 22.9 Å². The average molecular weight is 349 g/mol. The summed E-state index contributed by atoms with van der Waals surface area (Å²) in [6, 6.07) is 17.0. The molecule has 132 valence electrons. The summed E-state index contributed by atoms with van der Waals surface area (Å²) in [4.78, 5) is 28.4. The van der Waals surface area contributed by atoms with Crippen molar-refractivity contribution in [2.75, 3.05) is 0 Å². The first-order valence-electron chi connectivity index (χ1n) is 8.55. The summed E-state index contributed by atoms with van der Waals surface area (Å²) >= 11 is 0. The summed E-state index contributed by atoms with van der Waals surface area (Å²) < 4.78 is 1.97. The molecule has 3 atom stereocenters. The maximum atomic E-state index is 12.6. The van der Waals surface area contributed by atoms with E-state index < -0.39 is 23.8 Å². The summed E-state index contributed by atoms with van der Waals surface area (Å²) in [7, 11) is 1.92. The summed E-state index contributed by atoms with van der Waals surface area (Å²) in [5.41, 5.74) is 2.74. The van der Waals surface area contributed by atoms with Crippen LogP contribution in [0.15, 0.2) is 54.6 Å². The number of carboxylic acid groups (broad SMARTS) is 1. The number of hydrogen-bond donors (Lipinski definition) is 2. The second-order valence-corrected chi connectivity index (χ2v) is 6.66. The average Bonchev–Trinajstić information content (AvgIpc) is 3.40. The molecule has 2 aromatic carbocycles. The van der Waals surface area contributed by atoms with Gasteiger partial charge in [0, 0.05) is 7.05 Å². The van der Waals surface area contributed by atoms with Gasteiger partial charge in [-0.05, 0) is 24.1 Å². The number of carbonyl (C=O) groups excluding carboxylic acids is 1. The second kappa shape index (κ2) is 6.29. The Morgan fingerprint density at radius 1 is 1.12 bits per heavy atom. The number of benzene rings is 2. The van der Waals surface area contributed by atoms with Gasteiger partial charge in [0.15, 0.2) is 0 Å². The third-order valence-electron chi connectivity index (χ3n) is 4.94. The van der Waals surface area contributed by atoms with E-state index in [-0.39, 0.29) is 5.91 Å². The number of carboxylic acids is 1. The molecule has 1 aromatic heterocycles. The first-order valence-corrected chi connectivity index (χ1v) is 8.55. The van der Waals surface area contributed by atoms with E-state index in [0.29, 0.717) is 6.42 Å². The predicted octanol–water partition coefficient (Wildman–Crippen LogP) is 2.50. The Balaban J connectivity index is 1.70. The number of fused-ring (bicyclic) bond motifs is 1. The number of aliphatic carboxylic acids is 1. The van der Waals surface area contributed by atoms with Crippen molar-refractivity contribution in [3.8, 4) is 0 Å². The van der Waals surface area contributed by atoms with Crippen molar-refractivity contribution < 1.29 is 14.7 Å². The van der Waals surface area contributed by atoms with Crippen molar-refractivity contribution in [3.63, 3.8) is 0 Å². The Labute approximate surface area is 150 Å². The van der Waals surface area contributed by atoms with Crippen molar-refractivity contribution in [2.24, 2.45) is 18.9 Å². The third kappa shape index (κ3) is 2.83. The Morgan fingerprint density at radius 2 is 1.81 bits per heavy atom. The fraction of sp³-hybridized carbons (Fsp3) is 0.250. The third-order valence-corrected chi connectivity index (χ3v) is 4.94. The molecule has 26 heavy (non-hydrogen) atoms. The highest BCUT2D eigenvalue weighted by atomic mass is 16.4. The van der Waals surface area contributed by atoms with Gasteiger partial charge in [-0.25, -0.2) is 4.98 Å². The summed E-state index contributed by atoms with van der Waals surface area (Å²) in [5.74, 6) is -1.47. The van der Waals surface area contributed by atoms with Gasteiger partial charge >= 0.3 is 5.97 Å². The zero-order valence-corrected chi connectivity index (χ0v) is 14.3. The lowest BCUT2D eigenvalue weighted by Crippen LogP contribution is -2.33. The summed E-state index contributed by atoms with van der Waals surface area (Å²) in [6.07, 6.45) is 0.394. The van der Waals surface area contributed by atoms with Gasteiger partial charge in [0.1, 0.15) is 11.9 Å². The monoisotopic (exact) mass is 349 g/mol. The maximum absolute atomic E-state index is 12.6. The van der Waals surface area contributed by atoms with Crippen LogP contribution in [0.4, 0.5) is 0 Å². The molecule has 3 aromatic rings. The molecular formula is C20H19N3O3. The van der Waals surface area contributed by atoms with Gasteiger partial charge in [0.05, 0.1) is 22.9 Å². The van der Waals surface area contributed by atoms with E-state index in [4.69, 9.17) is 10.1 Å². The molecule has 0 bridgehead atoms. The fourth-order valence-corrected chi connectivity index (χ4v) is 3.37. The van der Waals surface area contributed by atoms with Gasteiger partial charge in [-0.3, -0.25) is 9.59 Å². The molecule has 1 fully saturated rings. The number of aryl methyl sites for hydroxylation is 1. The van der Waals surface area contributed by atoms with Gasteiger partial charge in [-0.1, -0.05) is 42.5 Å². The zero-order valence-electron chi connectivity index (χ0n) is 14.3. The van der Waals surface area contributed by atoms with Crippen LogP contribution in [0.25, 0.3) is 11.0 Å². The molecule has 2 N–H and O–H groups in total. The van der Waals surface area contributed by atoms with E-state index in [9.17, 15) is 9.59 Å². The Kier molecular flexibility index (Phi) is 3.95. The molecule has 1 aliphatic carbocycles. The highest BCUT2D eigenvalue weighted by Crippen LogP contribution is 2.39. The van der Waals surface area contributed by atoms with Crippen LogP contribution in [0.1, 0.15) is 23.9 Å². The van der Waals surface area contributed by atoms with Crippen molar-refractivity contribution in [1.29, 1.82) is 0 Å².